The lowest BCUT2D eigenvalue weighted by molar-refractivity contribution is -0.111. The van der Waals surface area contributed by atoms with Gasteiger partial charge >= 0.3 is 0 Å². The van der Waals surface area contributed by atoms with Crippen LogP contribution in [0.2, 0.25) is 0 Å². The fraction of sp³-hybridized carbons (Fsp3) is 0.182. The van der Waals surface area contributed by atoms with E-state index >= 15 is 0 Å². The summed E-state index contributed by atoms with van der Waals surface area (Å²) in [6.07, 6.45) is 5.08. The van der Waals surface area contributed by atoms with Crippen molar-refractivity contribution in [1.29, 1.82) is 0 Å². The van der Waals surface area contributed by atoms with Crippen LogP contribution in [-0.4, -0.2) is 37.2 Å². The maximum atomic E-state index is 12.2. The van der Waals surface area contributed by atoms with Crippen molar-refractivity contribution in [2.45, 2.75) is 0 Å². The zero-order chi connectivity index (χ0) is 19.2. The lowest BCUT2D eigenvalue weighted by Gasteiger charge is -2.27. The fourth-order valence-corrected chi connectivity index (χ4v) is 3.90. The molecule has 1 aliphatic heterocycles. The first-order valence-corrected chi connectivity index (χ1v) is 10.0. The number of nitrogens with zero attached hydrogens (tertiary/aromatic N) is 2. The molecule has 0 aliphatic carbocycles. The van der Waals surface area contributed by atoms with Crippen molar-refractivity contribution in [2.75, 3.05) is 36.5 Å². The summed E-state index contributed by atoms with van der Waals surface area (Å²) in [6, 6.07) is 18.1. The molecule has 0 spiro atoms. The van der Waals surface area contributed by atoms with Gasteiger partial charge in [-0.15, -0.1) is 11.3 Å². The number of hydrogen-bond acceptors (Lipinski definition) is 5. The average molecular weight is 391 g/mol. The van der Waals surface area contributed by atoms with Crippen LogP contribution in [0.4, 0.5) is 11.5 Å². The zero-order valence-corrected chi connectivity index (χ0v) is 16.2. The van der Waals surface area contributed by atoms with E-state index in [1.54, 1.807) is 23.6 Å². The summed E-state index contributed by atoms with van der Waals surface area (Å²) in [5.74, 6) is 0.736. The number of ether oxygens (including phenoxy) is 1. The summed E-state index contributed by atoms with van der Waals surface area (Å²) in [5, 5.41) is 2.85. The van der Waals surface area contributed by atoms with Crippen LogP contribution in [0.1, 0.15) is 4.88 Å². The van der Waals surface area contributed by atoms with Gasteiger partial charge in [0.15, 0.2) is 0 Å². The molecule has 1 aromatic carbocycles. The normalized spacial score (nSPS) is 14.4. The molecule has 0 saturated carbocycles. The molecule has 1 N–H and O–H groups in total. The predicted molar refractivity (Wildman–Crippen MR) is 115 cm³/mol. The van der Waals surface area contributed by atoms with E-state index in [1.165, 1.54) is 10.4 Å². The molecule has 6 heteroatoms. The van der Waals surface area contributed by atoms with Gasteiger partial charge in [-0.3, -0.25) is 4.79 Å². The van der Waals surface area contributed by atoms with Gasteiger partial charge in [-0.1, -0.05) is 30.3 Å². The molecule has 28 heavy (non-hydrogen) atoms. The van der Waals surface area contributed by atoms with Crippen LogP contribution in [0.15, 0.2) is 66.9 Å². The zero-order valence-electron chi connectivity index (χ0n) is 15.4. The van der Waals surface area contributed by atoms with E-state index in [0.29, 0.717) is 5.69 Å². The molecular formula is C22H21N3O2S. The highest BCUT2D eigenvalue weighted by Gasteiger charge is 2.12. The molecule has 5 nitrogen and oxygen atoms in total. The van der Waals surface area contributed by atoms with Crippen LogP contribution < -0.4 is 10.2 Å². The van der Waals surface area contributed by atoms with Gasteiger partial charge in [0.1, 0.15) is 5.82 Å². The van der Waals surface area contributed by atoms with Gasteiger partial charge in [0, 0.05) is 28.9 Å². The van der Waals surface area contributed by atoms with Crippen molar-refractivity contribution in [3.05, 3.63) is 71.7 Å². The molecule has 0 bridgehead atoms. The number of carbonyl (C=O) groups is 1. The van der Waals surface area contributed by atoms with Gasteiger partial charge in [0.05, 0.1) is 25.1 Å². The maximum Gasteiger partial charge on any atom is 0.248 e. The summed E-state index contributed by atoms with van der Waals surface area (Å²) in [4.78, 5) is 21.0. The summed E-state index contributed by atoms with van der Waals surface area (Å²) in [5.41, 5.74) is 1.87. The maximum absolute atomic E-state index is 12.2. The Hall–Kier alpha value is -2.96. The van der Waals surface area contributed by atoms with Crippen LogP contribution in [-0.2, 0) is 9.53 Å². The molecule has 0 radical (unpaired) electrons. The number of thiophene rings is 1. The molecule has 0 atom stereocenters. The minimum Gasteiger partial charge on any atom is -0.378 e. The summed E-state index contributed by atoms with van der Waals surface area (Å²) < 4.78 is 5.35. The van der Waals surface area contributed by atoms with Crippen molar-refractivity contribution >= 4 is 34.8 Å². The highest BCUT2D eigenvalue weighted by atomic mass is 32.1. The minimum atomic E-state index is -0.171. The Morgan fingerprint density at radius 3 is 2.64 bits per heavy atom. The van der Waals surface area contributed by atoms with Gasteiger partial charge in [-0.2, -0.15) is 0 Å². The van der Waals surface area contributed by atoms with Gasteiger partial charge in [0.2, 0.25) is 5.91 Å². The smallest absolute Gasteiger partial charge is 0.248 e. The Kier molecular flexibility index (Phi) is 5.80. The third-order valence-electron chi connectivity index (χ3n) is 4.43. The van der Waals surface area contributed by atoms with E-state index in [0.717, 1.165) is 37.0 Å². The highest BCUT2D eigenvalue weighted by Crippen LogP contribution is 2.28. The molecule has 142 valence electrons. The largest absolute Gasteiger partial charge is 0.378 e. The van der Waals surface area contributed by atoms with E-state index in [-0.39, 0.29) is 5.91 Å². The first-order chi connectivity index (χ1) is 13.8. The molecule has 3 heterocycles. The minimum absolute atomic E-state index is 0.171. The molecular weight excluding hydrogens is 370 g/mol. The summed E-state index contributed by atoms with van der Waals surface area (Å²) in [6.45, 7) is 3.12. The number of nitrogens with one attached hydrogen (secondary N) is 1. The Bertz CT molecular complexity index is 945. The number of carbonyl (C=O) groups excluding carboxylic acids is 1. The quantitative estimate of drug-likeness (QED) is 0.659. The summed E-state index contributed by atoms with van der Waals surface area (Å²) >= 11 is 1.66. The van der Waals surface area contributed by atoms with Crippen LogP contribution in [0, 0.1) is 0 Å². The fourth-order valence-electron chi connectivity index (χ4n) is 2.98. The van der Waals surface area contributed by atoms with Crippen LogP contribution >= 0.6 is 11.3 Å². The van der Waals surface area contributed by atoms with Gasteiger partial charge in [-0.05, 0) is 35.9 Å². The number of morpholine rings is 1. The number of rotatable bonds is 5. The molecule has 1 aliphatic rings. The van der Waals surface area contributed by atoms with Gasteiger partial charge in [0.25, 0.3) is 0 Å². The predicted octanol–water partition coefficient (Wildman–Crippen LogP) is 4.30. The number of pyridine rings is 1. The molecule has 1 amide bonds. The molecule has 1 saturated heterocycles. The van der Waals surface area contributed by atoms with E-state index in [9.17, 15) is 4.79 Å². The van der Waals surface area contributed by atoms with E-state index < -0.39 is 0 Å². The number of benzene rings is 1. The molecule has 0 unspecified atom stereocenters. The number of hydrogen-bond donors (Lipinski definition) is 1. The lowest BCUT2D eigenvalue weighted by Crippen LogP contribution is -2.36. The van der Waals surface area contributed by atoms with Crippen molar-refractivity contribution in [1.82, 2.24) is 4.98 Å². The van der Waals surface area contributed by atoms with Crippen LogP contribution in [0.5, 0.6) is 0 Å². The van der Waals surface area contributed by atoms with E-state index in [2.05, 4.69) is 33.4 Å². The second kappa shape index (κ2) is 8.82. The molecule has 2 aromatic heterocycles. The molecule has 1 fully saturated rings. The first kappa shape index (κ1) is 18.4. The van der Waals surface area contributed by atoms with Crippen molar-refractivity contribution in [2.24, 2.45) is 0 Å². The van der Waals surface area contributed by atoms with Crippen molar-refractivity contribution in [3.8, 4) is 10.4 Å². The summed E-state index contributed by atoms with van der Waals surface area (Å²) in [7, 11) is 0. The Labute approximate surface area is 168 Å². The van der Waals surface area contributed by atoms with Crippen LogP contribution in [0.3, 0.4) is 0 Å². The SMILES string of the molecule is O=C(C=Cc1ccc(-c2ccccc2)s1)Nc1ccc(N2CCOCC2)nc1. The van der Waals surface area contributed by atoms with Crippen molar-refractivity contribution < 1.29 is 9.53 Å². The second-order valence-electron chi connectivity index (χ2n) is 6.40. The van der Waals surface area contributed by atoms with Gasteiger partial charge < -0.3 is 15.0 Å². The highest BCUT2D eigenvalue weighted by molar-refractivity contribution is 7.16. The number of anilines is 2. The van der Waals surface area contributed by atoms with Crippen LogP contribution in [0.25, 0.3) is 16.5 Å². The number of aromatic nitrogens is 1. The Balaban J connectivity index is 1.34. The topological polar surface area (TPSA) is 54.5 Å². The Morgan fingerprint density at radius 2 is 1.89 bits per heavy atom. The average Bonchev–Trinajstić information content (AvgIpc) is 3.23. The number of amides is 1. The molecule has 3 aromatic rings. The lowest BCUT2D eigenvalue weighted by atomic mass is 10.2. The second-order valence-corrected chi connectivity index (χ2v) is 7.51. The Morgan fingerprint density at radius 1 is 1.07 bits per heavy atom. The third-order valence-corrected chi connectivity index (χ3v) is 5.53. The third kappa shape index (κ3) is 4.65. The molecule has 4 rings (SSSR count). The van der Waals surface area contributed by atoms with E-state index in [4.69, 9.17) is 4.74 Å². The first-order valence-electron chi connectivity index (χ1n) is 9.21. The standard InChI is InChI=1S/C22H21N3O2S/c26-22(11-8-19-7-9-20(28-19)17-4-2-1-3-5-17)24-18-6-10-21(23-16-18)25-12-14-27-15-13-25/h1-11,16H,12-15H2,(H,24,26). The van der Waals surface area contributed by atoms with E-state index in [1.807, 2.05) is 42.5 Å². The van der Waals surface area contributed by atoms with Crippen molar-refractivity contribution in [3.63, 3.8) is 0 Å². The van der Waals surface area contributed by atoms with Gasteiger partial charge in [-0.25, -0.2) is 4.98 Å². The monoisotopic (exact) mass is 391 g/mol.